The van der Waals surface area contributed by atoms with Gasteiger partial charge in [0.2, 0.25) is 0 Å². The first-order valence-corrected chi connectivity index (χ1v) is 13.5. The van der Waals surface area contributed by atoms with Gasteiger partial charge in [0.05, 0.1) is 0 Å². The molecule has 43 heavy (non-hydrogen) atoms. The molecule has 0 aliphatic carbocycles. The molecule has 0 spiro atoms. The first kappa shape index (κ1) is 32.4. The summed E-state index contributed by atoms with van der Waals surface area (Å²) in [5, 5.41) is 9.66. The van der Waals surface area contributed by atoms with E-state index in [2.05, 4.69) is 9.88 Å². The minimum absolute atomic E-state index is 0.101. The number of pyridine rings is 1. The van der Waals surface area contributed by atoms with E-state index in [4.69, 9.17) is 10.5 Å². The summed E-state index contributed by atoms with van der Waals surface area (Å²) in [6, 6.07) is 12.2. The molecule has 0 amide bonds. The second-order valence-electron chi connectivity index (χ2n) is 10.5. The number of nitrogens with zero attached hydrogens (tertiary/aromatic N) is 3. The summed E-state index contributed by atoms with van der Waals surface area (Å²) in [6.07, 6.45) is -8.49. The highest BCUT2D eigenvalue weighted by Gasteiger charge is 2.71. The van der Waals surface area contributed by atoms with E-state index in [1.165, 1.54) is 0 Å². The van der Waals surface area contributed by atoms with E-state index in [1.807, 2.05) is 23.1 Å². The van der Waals surface area contributed by atoms with Crippen LogP contribution in [0, 0.1) is 6.92 Å². The highest BCUT2D eigenvalue weighted by molar-refractivity contribution is 5.76. The number of halogens is 6. The molecule has 232 valence electrons. The number of ether oxygens (including phenoxy) is 1. The van der Waals surface area contributed by atoms with Crippen molar-refractivity contribution in [2.45, 2.75) is 44.0 Å². The molecule has 1 aliphatic heterocycles. The van der Waals surface area contributed by atoms with Gasteiger partial charge in [0.25, 0.3) is 5.60 Å². The third-order valence-electron chi connectivity index (χ3n) is 7.48. The van der Waals surface area contributed by atoms with Crippen molar-refractivity contribution in [3.63, 3.8) is 0 Å². The summed E-state index contributed by atoms with van der Waals surface area (Å²) in [5.74, 6) is -0.379. The van der Waals surface area contributed by atoms with Crippen molar-refractivity contribution >= 4 is 5.97 Å². The number of carbonyl (C=O) groups excluding carboxylic acids is 1. The van der Waals surface area contributed by atoms with E-state index >= 15 is 0 Å². The third kappa shape index (κ3) is 7.18. The van der Waals surface area contributed by atoms with Crippen molar-refractivity contribution in [1.29, 1.82) is 0 Å². The molecule has 2 aromatic carbocycles. The van der Waals surface area contributed by atoms with Gasteiger partial charge in [-0.25, -0.2) is 0 Å². The zero-order valence-electron chi connectivity index (χ0n) is 23.3. The highest BCUT2D eigenvalue weighted by Crippen LogP contribution is 2.50. The number of hydrogen-bond acceptors (Lipinski definition) is 7. The maximum Gasteiger partial charge on any atom is 0.430 e. The predicted octanol–water partition coefficient (Wildman–Crippen LogP) is 4.56. The standard InChI is InChI=1S/C30H32F6N4O3/c1-20-16-22(2-7-25(20)23-3-5-24(6-4-23)28(42,29(31,32)33)30(34,35)36)18-40-14-13-39(17-21-8-11-38-12-9-21)19-26(40)27(41)43-15-10-37/h2-9,11-12,16,26,42H,10,13-15,17-19,37H2,1H3/t26-/m1/s1. The largest absolute Gasteiger partial charge is 0.463 e. The Morgan fingerprint density at radius 2 is 1.60 bits per heavy atom. The van der Waals surface area contributed by atoms with Crippen LogP contribution in [0.5, 0.6) is 0 Å². The lowest BCUT2D eigenvalue weighted by Crippen LogP contribution is -2.56. The monoisotopic (exact) mass is 610 g/mol. The van der Waals surface area contributed by atoms with Crippen LogP contribution in [0.2, 0.25) is 0 Å². The second-order valence-corrected chi connectivity index (χ2v) is 10.5. The van der Waals surface area contributed by atoms with Gasteiger partial charge in [0.1, 0.15) is 12.6 Å². The summed E-state index contributed by atoms with van der Waals surface area (Å²) in [5.41, 5.74) is 2.85. The summed E-state index contributed by atoms with van der Waals surface area (Å²) in [7, 11) is 0. The van der Waals surface area contributed by atoms with E-state index in [-0.39, 0.29) is 19.1 Å². The summed E-state index contributed by atoms with van der Waals surface area (Å²) < 4.78 is 84.9. The predicted molar refractivity (Wildman–Crippen MR) is 146 cm³/mol. The molecule has 3 N–H and O–H groups in total. The smallest absolute Gasteiger partial charge is 0.430 e. The Labute approximate surface area is 244 Å². The maximum absolute atomic E-state index is 13.3. The van der Waals surface area contributed by atoms with Crippen LogP contribution >= 0.6 is 0 Å². The van der Waals surface area contributed by atoms with Gasteiger partial charge in [-0.3, -0.25) is 19.6 Å². The van der Waals surface area contributed by atoms with Crippen molar-refractivity contribution in [2.75, 3.05) is 32.8 Å². The lowest BCUT2D eigenvalue weighted by Gasteiger charge is -2.40. The maximum atomic E-state index is 13.3. The molecule has 0 unspecified atom stereocenters. The molecular formula is C30H32F6N4O3. The third-order valence-corrected chi connectivity index (χ3v) is 7.48. The fourth-order valence-corrected chi connectivity index (χ4v) is 5.20. The van der Waals surface area contributed by atoms with E-state index in [1.54, 1.807) is 31.5 Å². The SMILES string of the molecule is Cc1cc(CN2CCN(Cc3ccncc3)C[C@@H]2C(=O)OCCN)ccc1-c1ccc(C(O)(C(F)(F)F)C(F)(F)F)cc1. The molecule has 13 heteroatoms. The van der Waals surface area contributed by atoms with Gasteiger partial charge in [0.15, 0.2) is 0 Å². The molecule has 1 atom stereocenters. The van der Waals surface area contributed by atoms with Crippen molar-refractivity contribution in [3.8, 4) is 11.1 Å². The molecule has 1 fully saturated rings. The van der Waals surface area contributed by atoms with Crippen LogP contribution in [0.1, 0.15) is 22.3 Å². The quantitative estimate of drug-likeness (QED) is 0.271. The Hall–Kier alpha value is -3.52. The van der Waals surface area contributed by atoms with Gasteiger partial charge in [0, 0.05) is 57.2 Å². The van der Waals surface area contributed by atoms with Crippen LogP contribution in [0.3, 0.4) is 0 Å². The van der Waals surface area contributed by atoms with Crippen molar-refractivity contribution in [2.24, 2.45) is 5.73 Å². The van der Waals surface area contributed by atoms with E-state index in [0.29, 0.717) is 56.0 Å². The second kappa shape index (κ2) is 13.0. The number of piperazine rings is 1. The molecule has 4 rings (SSSR count). The summed E-state index contributed by atoms with van der Waals surface area (Å²) in [6.45, 7) is 4.86. The normalized spacial score (nSPS) is 17.2. The van der Waals surface area contributed by atoms with Crippen molar-refractivity contribution < 1.29 is 41.0 Å². The average Bonchev–Trinajstić information content (AvgIpc) is 2.96. The lowest BCUT2D eigenvalue weighted by molar-refractivity contribution is -0.376. The van der Waals surface area contributed by atoms with Gasteiger partial charge in [-0.15, -0.1) is 0 Å². The van der Waals surface area contributed by atoms with Crippen LogP contribution in [-0.4, -0.2) is 77.0 Å². The summed E-state index contributed by atoms with van der Waals surface area (Å²) >= 11 is 0. The topological polar surface area (TPSA) is 91.9 Å². The first-order valence-electron chi connectivity index (χ1n) is 13.5. The number of aliphatic hydroxyl groups is 1. The number of esters is 1. The van der Waals surface area contributed by atoms with Crippen molar-refractivity contribution in [1.82, 2.24) is 14.8 Å². The minimum Gasteiger partial charge on any atom is -0.463 e. The number of alkyl halides is 6. The molecule has 0 saturated carbocycles. The molecular weight excluding hydrogens is 578 g/mol. The molecule has 7 nitrogen and oxygen atoms in total. The molecule has 1 saturated heterocycles. The van der Waals surface area contributed by atoms with Crippen LogP contribution in [0.4, 0.5) is 26.3 Å². The fraction of sp³-hybridized carbons (Fsp3) is 0.400. The fourth-order valence-electron chi connectivity index (χ4n) is 5.20. The zero-order chi connectivity index (χ0) is 31.4. The van der Waals surface area contributed by atoms with Gasteiger partial charge in [-0.2, -0.15) is 26.3 Å². The molecule has 1 aromatic heterocycles. The highest BCUT2D eigenvalue weighted by atomic mass is 19.4. The van der Waals surface area contributed by atoms with Crippen LogP contribution in [0.15, 0.2) is 67.0 Å². The van der Waals surface area contributed by atoms with E-state index in [9.17, 15) is 36.2 Å². The molecule has 3 aromatic rings. The molecule has 0 radical (unpaired) electrons. The van der Waals surface area contributed by atoms with Gasteiger partial charge >= 0.3 is 18.3 Å². The van der Waals surface area contributed by atoms with Crippen LogP contribution in [0.25, 0.3) is 11.1 Å². The number of benzene rings is 2. The number of aryl methyl sites for hydroxylation is 1. The minimum atomic E-state index is -5.95. The van der Waals surface area contributed by atoms with Gasteiger partial charge in [-0.1, -0.05) is 42.5 Å². The Bertz CT molecular complexity index is 1370. The van der Waals surface area contributed by atoms with E-state index in [0.717, 1.165) is 28.8 Å². The molecule has 1 aliphatic rings. The zero-order valence-corrected chi connectivity index (χ0v) is 23.3. The Morgan fingerprint density at radius 1 is 0.953 bits per heavy atom. The van der Waals surface area contributed by atoms with Crippen molar-refractivity contribution in [3.05, 3.63) is 89.2 Å². The number of rotatable bonds is 9. The number of carbonyl (C=O) groups is 1. The van der Waals surface area contributed by atoms with E-state index < -0.39 is 29.6 Å². The van der Waals surface area contributed by atoms with Crippen LogP contribution < -0.4 is 5.73 Å². The first-order chi connectivity index (χ1) is 20.2. The Morgan fingerprint density at radius 3 is 2.19 bits per heavy atom. The lowest BCUT2D eigenvalue weighted by atomic mass is 9.90. The number of hydrogen-bond donors (Lipinski definition) is 2. The summed E-state index contributed by atoms with van der Waals surface area (Å²) in [4.78, 5) is 21.2. The molecule has 0 bridgehead atoms. The Balaban J connectivity index is 1.51. The molecule has 2 heterocycles. The van der Waals surface area contributed by atoms with Gasteiger partial charge < -0.3 is 15.6 Å². The van der Waals surface area contributed by atoms with Crippen LogP contribution in [-0.2, 0) is 28.2 Å². The Kier molecular flexibility index (Phi) is 9.79. The van der Waals surface area contributed by atoms with Gasteiger partial charge in [-0.05, 0) is 46.9 Å². The number of nitrogens with two attached hydrogens (primary N) is 1. The average molecular weight is 611 g/mol. The number of aromatic nitrogens is 1.